The van der Waals surface area contributed by atoms with Gasteiger partial charge in [0.15, 0.2) is 0 Å². The lowest BCUT2D eigenvalue weighted by atomic mass is 10.1. The van der Waals surface area contributed by atoms with E-state index in [-0.39, 0.29) is 29.9 Å². The molecule has 1 atom stereocenters. The van der Waals surface area contributed by atoms with Crippen LogP contribution in [0.4, 0.5) is 0 Å². The van der Waals surface area contributed by atoms with Crippen LogP contribution >= 0.6 is 23.2 Å². The van der Waals surface area contributed by atoms with Gasteiger partial charge in [0.25, 0.3) is 0 Å². The van der Waals surface area contributed by atoms with Crippen molar-refractivity contribution in [1.82, 2.24) is 9.62 Å². The second kappa shape index (κ2) is 11.7. The Kier molecular flexibility index (Phi) is 8.92. The second-order valence-electron chi connectivity index (χ2n) is 7.81. The fourth-order valence-electron chi connectivity index (χ4n) is 3.39. The van der Waals surface area contributed by atoms with Gasteiger partial charge in [0, 0.05) is 22.6 Å². The number of hydrogen-bond donors (Lipinski definition) is 1. The number of amides is 1. The first-order valence-corrected chi connectivity index (χ1v) is 12.8. The van der Waals surface area contributed by atoms with Crippen LogP contribution < -0.4 is 5.32 Å². The van der Waals surface area contributed by atoms with Crippen LogP contribution in [0.1, 0.15) is 24.5 Å². The summed E-state index contributed by atoms with van der Waals surface area (Å²) < 4.78 is 27.8. The van der Waals surface area contributed by atoms with Gasteiger partial charge in [0.1, 0.15) is 0 Å². The molecule has 0 aliphatic carbocycles. The fourth-order valence-corrected chi connectivity index (χ4v) is 5.25. The van der Waals surface area contributed by atoms with E-state index in [1.807, 2.05) is 37.3 Å². The quantitative estimate of drug-likeness (QED) is 0.406. The lowest BCUT2D eigenvalue weighted by Gasteiger charge is -2.23. The number of benzene rings is 3. The van der Waals surface area contributed by atoms with Crippen LogP contribution in [0, 0.1) is 0 Å². The molecule has 8 heteroatoms. The van der Waals surface area contributed by atoms with Crippen LogP contribution in [0.15, 0.2) is 83.8 Å². The highest BCUT2D eigenvalue weighted by atomic mass is 35.5. The predicted octanol–water partition coefficient (Wildman–Crippen LogP) is 5.32. The molecule has 3 aromatic carbocycles. The third-order valence-electron chi connectivity index (χ3n) is 5.18. The molecule has 0 bridgehead atoms. The van der Waals surface area contributed by atoms with Gasteiger partial charge in [-0.1, -0.05) is 77.8 Å². The maximum atomic E-state index is 13.3. The summed E-state index contributed by atoms with van der Waals surface area (Å²) in [7, 11) is -3.93. The molecule has 33 heavy (non-hydrogen) atoms. The second-order valence-corrected chi connectivity index (χ2v) is 10.6. The molecule has 0 radical (unpaired) electrons. The maximum Gasteiger partial charge on any atom is 0.243 e. The van der Waals surface area contributed by atoms with Crippen LogP contribution in [0.2, 0.25) is 10.0 Å². The van der Waals surface area contributed by atoms with Gasteiger partial charge in [0.05, 0.1) is 11.4 Å². The monoisotopic (exact) mass is 504 g/mol. The van der Waals surface area contributed by atoms with Crippen molar-refractivity contribution < 1.29 is 13.2 Å². The van der Waals surface area contributed by atoms with E-state index in [9.17, 15) is 13.2 Å². The highest BCUT2D eigenvalue weighted by Crippen LogP contribution is 2.25. The molecular weight excluding hydrogens is 479 g/mol. The molecule has 0 saturated heterocycles. The third-order valence-corrected chi connectivity index (χ3v) is 7.57. The Hall–Kier alpha value is -2.38. The Bertz CT molecular complexity index is 1170. The first-order chi connectivity index (χ1) is 15.8. The number of aryl methyl sites for hydroxylation is 1. The van der Waals surface area contributed by atoms with Crippen LogP contribution in [-0.2, 0) is 27.8 Å². The molecule has 0 aliphatic rings. The molecule has 5 nitrogen and oxygen atoms in total. The molecule has 0 aromatic heterocycles. The molecule has 0 heterocycles. The van der Waals surface area contributed by atoms with Crippen LogP contribution in [0.25, 0.3) is 0 Å². The first-order valence-electron chi connectivity index (χ1n) is 10.6. The van der Waals surface area contributed by atoms with Crippen molar-refractivity contribution in [1.29, 1.82) is 0 Å². The summed E-state index contributed by atoms with van der Waals surface area (Å²) in [6.45, 7) is 1.53. The van der Waals surface area contributed by atoms with E-state index in [0.29, 0.717) is 15.6 Å². The van der Waals surface area contributed by atoms with Crippen molar-refractivity contribution in [2.45, 2.75) is 37.2 Å². The Balaban J connectivity index is 1.73. The Morgan fingerprint density at radius 3 is 2.24 bits per heavy atom. The molecule has 1 N–H and O–H groups in total. The van der Waals surface area contributed by atoms with Gasteiger partial charge < -0.3 is 5.32 Å². The van der Waals surface area contributed by atoms with Crippen LogP contribution in [0.3, 0.4) is 0 Å². The zero-order valence-corrected chi connectivity index (χ0v) is 20.6. The minimum Gasteiger partial charge on any atom is -0.352 e. The van der Waals surface area contributed by atoms with Crippen LogP contribution in [-0.4, -0.2) is 31.2 Å². The van der Waals surface area contributed by atoms with Gasteiger partial charge in [-0.15, -0.1) is 0 Å². The highest BCUT2D eigenvalue weighted by Gasteiger charge is 2.27. The molecule has 3 aromatic rings. The summed E-state index contributed by atoms with van der Waals surface area (Å²) in [5, 5.41) is 3.70. The van der Waals surface area contributed by atoms with E-state index in [2.05, 4.69) is 5.32 Å². The van der Waals surface area contributed by atoms with E-state index < -0.39 is 10.0 Å². The normalized spacial score (nSPS) is 12.5. The number of rotatable bonds is 10. The largest absolute Gasteiger partial charge is 0.352 e. The summed E-state index contributed by atoms with van der Waals surface area (Å²) >= 11 is 12.3. The van der Waals surface area contributed by atoms with Crippen molar-refractivity contribution in [2.75, 3.05) is 6.54 Å². The van der Waals surface area contributed by atoms with E-state index in [1.54, 1.807) is 36.4 Å². The lowest BCUT2D eigenvalue weighted by Crippen LogP contribution is -2.43. The van der Waals surface area contributed by atoms with E-state index in [0.717, 1.165) is 17.1 Å². The van der Waals surface area contributed by atoms with E-state index in [4.69, 9.17) is 23.2 Å². The Labute approximate surface area is 205 Å². The molecule has 1 amide bonds. The van der Waals surface area contributed by atoms with Crippen molar-refractivity contribution >= 4 is 39.1 Å². The first kappa shape index (κ1) is 25.2. The van der Waals surface area contributed by atoms with Crippen molar-refractivity contribution in [3.8, 4) is 0 Å². The van der Waals surface area contributed by atoms with Gasteiger partial charge in [-0.3, -0.25) is 4.79 Å². The number of carbonyl (C=O) groups is 1. The summed E-state index contributed by atoms with van der Waals surface area (Å²) in [4.78, 5) is 12.9. The smallest absolute Gasteiger partial charge is 0.243 e. The molecule has 0 fully saturated rings. The average molecular weight is 505 g/mol. The molecule has 0 saturated carbocycles. The third kappa shape index (κ3) is 7.30. The minimum absolute atomic E-state index is 0.0565. The highest BCUT2D eigenvalue weighted by molar-refractivity contribution is 7.89. The summed E-state index contributed by atoms with van der Waals surface area (Å²) in [6.07, 6.45) is 1.55. The SMILES string of the molecule is C[C@@H](CCc1ccccc1)NC(=O)CN(Cc1ccc(Cl)cc1Cl)S(=O)(=O)c1ccccc1. The number of nitrogens with one attached hydrogen (secondary N) is 1. The van der Waals surface area contributed by atoms with Crippen molar-refractivity contribution in [3.63, 3.8) is 0 Å². The molecule has 3 rings (SSSR count). The summed E-state index contributed by atoms with van der Waals surface area (Å²) in [5.41, 5.74) is 1.75. The van der Waals surface area contributed by atoms with Crippen molar-refractivity contribution in [3.05, 3.63) is 100 Å². The van der Waals surface area contributed by atoms with Gasteiger partial charge in [-0.25, -0.2) is 8.42 Å². The zero-order valence-electron chi connectivity index (χ0n) is 18.2. The van der Waals surface area contributed by atoms with Crippen LogP contribution in [0.5, 0.6) is 0 Å². The lowest BCUT2D eigenvalue weighted by molar-refractivity contribution is -0.122. The standard InChI is InChI=1S/C25H26Cl2N2O3S/c1-19(12-13-20-8-4-2-5-9-20)28-25(30)18-29(17-21-14-15-22(26)16-24(21)27)33(31,32)23-10-6-3-7-11-23/h2-11,14-16,19H,12-13,17-18H2,1H3,(H,28,30)/t19-/m0/s1. The maximum absolute atomic E-state index is 13.3. The fraction of sp³-hybridized carbons (Fsp3) is 0.240. The predicted molar refractivity (Wildman–Crippen MR) is 133 cm³/mol. The molecular formula is C25H26Cl2N2O3S. The Morgan fingerprint density at radius 1 is 0.970 bits per heavy atom. The number of carbonyl (C=O) groups excluding carboxylic acids is 1. The summed E-state index contributed by atoms with van der Waals surface area (Å²) in [5.74, 6) is -0.375. The number of hydrogen-bond acceptors (Lipinski definition) is 3. The van der Waals surface area contributed by atoms with Gasteiger partial charge in [-0.2, -0.15) is 4.31 Å². The number of halogens is 2. The molecule has 174 valence electrons. The van der Waals surface area contributed by atoms with Gasteiger partial charge >= 0.3 is 0 Å². The van der Waals surface area contributed by atoms with Gasteiger partial charge in [-0.05, 0) is 55.2 Å². The zero-order chi connectivity index (χ0) is 23.8. The molecule has 0 spiro atoms. The number of sulfonamides is 1. The number of nitrogens with zero attached hydrogens (tertiary/aromatic N) is 1. The van der Waals surface area contributed by atoms with E-state index >= 15 is 0 Å². The van der Waals surface area contributed by atoms with Gasteiger partial charge in [0.2, 0.25) is 15.9 Å². The minimum atomic E-state index is -3.93. The molecule has 0 aliphatic heterocycles. The van der Waals surface area contributed by atoms with Crippen molar-refractivity contribution in [2.24, 2.45) is 0 Å². The van der Waals surface area contributed by atoms with E-state index in [1.165, 1.54) is 17.7 Å². The molecule has 0 unspecified atom stereocenters. The topological polar surface area (TPSA) is 66.5 Å². The Morgan fingerprint density at radius 2 is 1.61 bits per heavy atom. The average Bonchev–Trinajstić information content (AvgIpc) is 2.80. The summed E-state index contributed by atoms with van der Waals surface area (Å²) in [6, 6.07) is 22.8.